The second-order valence-electron chi connectivity index (χ2n) is 3.18. The predicted molar refractivity (Wildman–Crippen MR) is 68.8 cm³/mol. The molecule has 0 saturated carbocycles. The first-order chi connectivity index (χ1) is 8.08. The molecular weight excluding hydrogens is 310 g/mol. The van der Waals surface area contributed by atoms with Crippen molar-refractivity contribution in [1.82, 2.24) is 9.97 Å². The SMILES string of the molecule is Nc1ncnc(Nc2ccc(Br)c(F)c2)c1Cl. The number of nitrogen functional groups attached to an aromatic ring is 1. The molecule has 0 fully saturated rings. The molecule has 1 aromatic carbocycles. The second-order valence-corrected chi connectivity index (χ2v) is 4.41. The van der Waals surface area contributed by atoms with Crippen LogP contribution >= 0.6 is 27.5 Å². The molecule has 88 valence electrons. The van der Waals surface area contributed by atoms with Crippen molar-refractivity contribution in [2.24, 2.45) is 0 Å². The van der Waals surface area contributed by atoms with Gasteiger partial charge >= 0.3 is 0 Å². The number of hydrogen-bond acceptors (Lipinski definition) is 4. The Morgan fingerprint density at radius 3 is 2.82 bits per heavy atom. The lowest BCUT2D eigenvalue weighted by molar-refractivity contribution is 0.622. The monoisotopic (exact) mass is 316 g/mol. The number of nitrogens with two attached hydrogens (primary N) is 1. The molecule has 4 nitrogen and oxygen atoms in total. The van der Waals surface area contributed by atoms with Gasteiger partial charge in [-0.05, 0) is 34.1 Å². The van der Waals surface area contributed by atoms with E-state index in [4.69, 9.17) is 17.3 Å². The van der Waals surface area contributed by atoms with Gasteiger partial charge in [-0.2, -0.15) is 0 Å². The molecule has 3 N–H and O–H groups in total. The Morgan fingerprint density at radius 1 is 1.35 bits per heavy atom. The van der Waals surface area contributed by atoms with Crippen LogP contribution in [0.2, 0.25) is 5.02 Å². The highest BCUT2D eigenvalue weighted by atomic mass is 79.9. The molecule has 7 heteroatoms. The Balaban J connectivity index is 2.31. The zero-order chi connectivity index (χ0) is 12.4. The zero-order valence-electron chi connectivity index (χ0n) is 8.42. The van der Waals surface area contributed by atoms with Crippen molar-refractivity contribution in [2.45, 2.75) is 0 Å². The first kappa shape index (κ1) is 12.1. The van der Waals surface area contributed by atoms with Crippen molar-refractivity contribution >= 4 is 44.9 Å². The average molecular weight is 318 g/mol. The molecular formula is C10H7BrClFN4. The third-order valence-electron chi connectivity index (χ3n) is 2.00. The van der Waals surface area contributed by atoms with Gasteiger partial charge in [0.05, 0.1) is 4.47 Å². The summed E-state index contributed by atoms with van der Waals surface area (Å²) in [5, 5.41) is 3.06. The minimum atomic E-state index is -0.381. The molecule has 1 aromatic heterocycles. The lowest BCUT2D eigenvalue weighted by Crippen LogP contribution is -1.99. The largest absolute Gasteiger partial charge is 0.382 e. The number of aromatic nitrogens is 2. The van der Waals surface area contributed by atoms with E-state index in [9.17, 15) is 4.39 Å². The fraction of sp³-hybridized carbons (Fsp3) is 0. The van der Waals surface area contributed by atoms with Crippen LogP contribution in [0.1, 0.15) is 0 Å². The smallest absolute Gasteiger partial charge is 0.154 e. The topological polar surface area (TPSA) is 63.8 Å². The summed E-state index contributed by atoms with van der Waals surface area (Å²) in [5.74, 6) is 0.121. The summed E-state index contributed by atoms with van der Waals surface area (Å²) in [6.45, 7) is 0. The van der Waals surface area contributed by atoms with Crippen molar-refractivity contribution in [3.63, 3.8) is 0 Å². The number of benzene rings is 1. The maximum atomic E-state index is 13.3. The molecule has 0 aliphatic heterocycles. The van der Waals surface area contributed by atoms with Crippen LogP contribution in [0, 0.1) is 5.82 Å². The second kappa shape index (κ2) is 4.85. The van der Waals surface area contributed by atoms with E-state index in [0.29, 0.717) is 16.0 Å². The summed E-state index contributed by atoms with van der Waals surface area (Å²) < 4.78 is 13.7. The quantitative estimate of drug-likeness (QED) is 0.891. The first-order valence-electron chi connectivity index (χ1n) is 4.56. The Labute approximate surface area is 110 Å². The van der Waals surface area contributed by atoms with E-state index < -0.39 is 0 Å². The van der Waals surface area contributed by atoms with E-state index >= 15 is 0 Å². The van der Waals surface area contributed by atoms with E-state index in [1.54, 1.807) is 12.1 Å². The van der Waals surface area contributed by atoms with Crippen molar-refractivity contribution < 1.29 is 4.39 Å². The molecule has 1 heterocycles. The summed E-state index contributed by atoms with van der Waals surface area (Å²) in [4.78, 5) is 7.64. The molecule has 17 heavy (non-hydrogen) atoms. The van der Waals surface area contributed by atoms with Crippen LogP contribution < -0.4 is 11.1 Å². The van der Waals surface area contributed by atoms with Gasteiger partial charge in [-0.15, -0.1) is 0 Å². The van der Waals surface area contributed by atoms with Crippen molar-refractivity contribution in [1.29, 1.82) is 0 Å². The third-order valence-corrected chi connectivity index (χ3v) is 3.01. The van der Waals surface area contributed by atoms with Crippen LogP contribution in [0.25, 0.3) is 0 Å². The Kier molecular flexibility index (Phi) is 3.44. The lowest BCUT2D eigenvalue weighted by atomic mass is 10.3. The van der Waals surface area contributed by atoms with E-state index in [2.05, 4.69) is 31.2 Å². The number of nitrogens with zero attached hydrogens (tertiary/aromatic N) is 2. The van der Waals surface area contributed by atoms with Gasteiger partial charge in [-0.25, -0.2) is 14.4 Å². The molecule has 0 bridgehead atoms. The summed E-state index contributed by atoms with van der Waals surface area (Å²) in [6, 6.07) is 4.58. The molecule has 0 saturated heterocycles. The first-order valence-corrected chi connectivity index (χ1v) is 5.73. The highest BCUT2D eigenvalue weighted by molar-refractivity contribution is 9.10. The van der Waals surface area contributed by atoms with Crippen LogP contribution in [-0.2, 0) is 0 Å². The minimum absolute atomic E-state index is 0.168. The van der Waals surface area contributed by atoms with Crippen molar-refractivity contribution in [3.8, 4) is 0 Å². The summed E-state index contributed by atoms with van der Waals surface area (Å²) in [7, 11) is 0. The Morgan fingerprint density at radius 2 is 2.12 bits per heavy atom. The predicted octanol–water partition coefficient (Wildman–Crippen LogP) is 3.36. The summed E-state index contributed by atoms with van der Waals surface area (Å²) in [5.41, 5.74) is 6.04. The molecule has 0 aliphatic rings. The molecule has 0 atom stereocenters. The number of halogens is 3. The number of anilines is 3. The van der Waals surface area contributed by atoms with E-state index in [1.807, 2.05) is 0 Å². The molecule has 0 aliphatic carbocycles. The molecule has 0 amide bonds. The maximum Gasteiger partial charge on any atom is 0.154 e. The minimum Gasteiger partial charge on any atom is -0.382 e. The molecule has 0 spiro atoms. The highest BCUT2D eigenvalue weighted by Gasteiger charge is 2.07. The van der Waals surface area contributed by atoms with Gasteiger partial charge in [0.2, 0.25) is 0 Å². The fourth-order valence-corrected chi connectivity index (χ4v) is 1.57. The van der Waals surface area contributed by atoms with Crippen molar-refractivity contribution in [3.05, 3.63) is 39.8 Å². The van der Waals surface area contributed by atoms with Crippen LogP contribution in [0.4, 0.5) is 21.7 Å². The normalized spacial score (nSPS) is 10.3. The van der Waals surface area contributed by atoms with E-state index in [1.165, 1.54) is 12.4 Å². The van der Waals surface area contributed by atoms with Crippen LogP contribution in [0.3, 0.4) is 0 Å². The van der Waals surface area contributed by atoms with Crippen LogP contribution in [-0.4, -0.2) is 9.97 Å². The average Bonchev–Trinajstić information content (AvgIpc) is 2.30. The van der Waals surface area contributed by atoms with Gasteiger partial charge in [0.25, 0.3) is 0 Å². The molecule has 2 aromatic rings. The van der Waals surface area contributed by atoms with Gasteiger partial charge in [0.15, 0.2) is 5.82 Å². The van der Waals surface area contributed by atoms with Crippen molar-refractivity contribution in [2.75, 3.05) is 11.1 Å². The highest BCUT2D eigenvalue weighted by Crippen LogP contribution is 2.27. The standard InChI is InChI=1S/C10H7BrClFN4/c11-6-2-1-5(3-7(6)13)17-10-8(12)9(14)15-4-16-10/h1-4H,(H3,14,15,16,17). The number of rotatable bonds is 2. The summed E-state index contributed by atoms with van der Waals surface area (Å²) >= 11 is 8.97. The molecule has 2 rings (SSSR count). The molecule has 0 unspecified atom stereocenters. The fourth-order valence-electron chi connectivity index (χ4n) is 1.18. The van der Waals surface area contributed by atoms with Gasteiger partial charge < -0.3 is 11.1 Å². The molecule has 0 radical (unpaired) electrons. The van der Waals surface area contributed by atoms with Gasteiger partial charge in [-0.3, -0.25) is 0 Å². The number of hydrogen-bond donors (Lipinski definition) is 2. The van der Waals surface area contributed by atoms with E-state index in [0.717, 1.165) is 0 Å². The van der Waals surface area contributed by atoms with Gasteiger partial charge in [0, 0.05) is 5.69 Å². The Hall–Kier alpha value is -1.40. The Bertz CT molecular complexity index is 564. The zero-order valence-corrected chi connectivity index (χ0v) is 10.8. The van der Waals surface area contributed by atoms with Gasteiger partial charge in [-0.1, -0.05) is 11.6 Å². The number of nitrogens with one attached hydrogen (secondary N) is 1. The maximum absolute atomic E-state index is 13.3. The summed E-state index contributed by atoms with van der Waals surface area (Å²) in [6.07, 6.45) is 1.28. The lowest BCUT2D eigenvalue weighted by Gasteiger charge is -2.08. The van der Waals surface area contributed by atoms with E-state index in [-0.39, 0.29) is 16.7 Å². The van der Waals surface area contributed by atoms with Crippen LogP contribution in [0.15, 0.2) is 29.0 Å². The van der Waals surface area contributed by atoms with Gasteiger partial charge in [0.1, 0.15) is 23.0 Å². The third kappa shape index (κ3) is 2.65. The van der Waals surface area contributed by atoms with Crippen LogP contribution in [0.5, 0.6) is 0 Å².